The van der Waals surface area contributed by atoms with Gasteiger partial charge in [0.05, 0.1) is 0 Å². The molecule has 0 saturated heterocycles. The molecule has 0 spiro atoms. The molecule has 0 amide bonds. The Hall–Kier alpha value is -2.41. The molecule has 0 aliphatic rings. The summed E-state index contributed by atoms with van der Waals surface area (Å²) in [5, 5.41) is 3.02. The van der Waals surface area contributed by atoms with Crippen LogP contribution in [-0.4, -0.2) is 38.7 Å². The minimum absolute atomic E-state index is 0.0358. The molecule has 1 aromatic carbocycles. The summed E-state index contributed by atoms with van der Waals surface area (Å²) < 4.78 is 28.2. The number of rotatable bonds is 5. The second-order valence-corrected chi connectivity index (χ2v) is 6.60. The number of benzene rings is 1. The highest BCUT2D eigenvalue weighted by molar-refractivity contribution is 7.90. The summed E-state index contributed by atoms with van der Waals surface area (Å²) in [6.45, 7) is 1.98. The Labute approximate surface area is 130 Å². The van der Waals surface area contributed by atoms with Gasteiger partial charge in [0, 0.05) is 26.0 Å². The van der Waals surface area contributed by atoms with Crippen LogP contribution in [0.3, 0.4) is 0 Å². The number of nitrogens with zero attached hydrogens (tertiary/aromatic N) is 3. The van der Waals surface area contributed by atoms with Crippen LogP contribution in [0.25, 0.3) is 0 Å². The van der Waals surface area contributed by atoms with Crippen LogP contribution in [0.1, 0.15) is 5.56 Å². The molecule has 116 valence electrons. The van der Waals surface area contributed by atoms with Crippen molar-refractivity contribution in [3.8, 4) is 0 Å². The predicted molar refractivity (Wildman–Crippen MR) is 88.1 cm³/mol. The van der Waals surface area contributed by atoms with E-state index in [1.807, 2.05) is 31.2 Å². The van der Waals surface area contributed by atoms with Crippen LogP contribution >= 0.6 is 0 Å². The van der Waals surface area contributed by atoms with Crippen LogP contribution in [0.2, 0.25) is 0 Å². The van der Waals surface area contributed by atoms with Crippen molar-refractivity contribution in [2.75, 3.05) is 19.4 Å². The van der Waals surface area contributed by atoms with Gasteiger partial charge in [0.15, 0.2) is 5.82 Å². The van der Waals surface area contributed by atoms with E-state index in [0.717, 1.165) is 11.3 Å². The number of hydrogen-bond acceptors (Lipinski definition) is 4. The Morgan fingerprint density at radius 2 is 1.86 bits per heavy atom. The van der Waals surface area contributed by atoms with Crippen molar-refractivity contribution >= 4 is 27.9 Å². The van der Waals surface area contributed by atoms with Crippen molar-refractivity contribution in [3.63, 3.8) is 0 Å². The highest BCUT2D eigenvalue weighted by Gasteiger charge is 2.18. The molecule has 0 unspecified atom stereocenters. The van der Waals surface area contributed by atoms with E-state index < -0.39 is 10.0 Å². The van der Waals surface area contributed by atoms with Crippen LogP contribution in [0, 0.1) is 6.92 Å². The minimum atomic E-state index is -3.81. The molecule has 0 bridgehead atoms. The summed E-state index contributed by atoms with van der Waals surface area (Å²) >= 11 is 0. The van der Waals surface area contributed by atoms with Crippen molar-refractivity contribution in [1.29, 1.82) is 0 Å². The Bertz CT molecular complexity index is 768. The molecule has 0 saturated carbocycles. The van der Waals surface area contributed by atoms with Gasteiger partial charge in [-0.25, -0.2) is 4.98 Å². The van der Waals surface area contributed by atoms with E-state index in [2.05, 4.69) is 14.7 Å². The van der Waals surface area contributed by atoms with Gasteiger partial charge < -0.3 is 10.2 Å². The van der Waals surface area contributed by atoms with E-state index in [-0.39, 0.29) is 10.7 Å². The number of nitrogens with one attached hydrogen (secondary N) is 1. The molecule has 1 heterocycles. The summed E-state index contributed by atoms with van der Waals surface area (Å²) in [5.74, 6) is 0.252. The molecule has 0 atom stereocenters. The second kappa shape index (κ2) is 6.57. The molecule has 22 heavy (non-hydrogen) atoms. The average molecular weight is 318 g/mol. The lowest BCUT2D eigenvalue weighted by atomic mass is 10.2. The van der Waals surface area contributed by atoms with Gasteiger partial charge in [-0.1, -0.05) is 17.7 Å². The monoisotopic (exact) mass is 318 g/mol. The van der Waals surface area contributed by atoms with Gasteiger partial charge in [-0.2, -0.15) is 8.42 Å². The van der Waals surface area contributed by atoms with E-state index in [9.17, 15) is 8.42 Å². The van der Waals surface area contributed by atoms with E-state index in [4.69, 9.17) is 0 Å². The SMILES string of the molecule is Cc1ccc(Nc2ncccc2S(=O)(=O)/N=C/N(C)C)cc1. The molecule has 0 radical (unpaired) electrons. The van der Waals surface area contributed by atoms with E-state index >= 15 is 0 Å². The van der Waals surface area contributed by atoms with Gasteiger partial charge in [0.2, 0.25) is 0 Å². The first-order chi connectivity index (χ1) is 10.4. The number of sulfonamides is 1. The number of pyridine rings is 1. The standard InChI is InChI=1S/C15H18N4O2S/c1-12-6-8-13(9-7-12)18-15-14(5-4-10-16-15)22(20,21)17-11-19(2)3/h4-11H,1-3H3,(H,16,18)/b17-11+. The van der Waals surface area contributed by atoms with Crippen LogP contribution in [0.4, 0.5) is 11.5 Å². The number of aromatic nitrogens is 1. The van der Waals surface area contributed by atoms with Gasteiger partial charge in [-0.3, -0.25) is 0 Å². The fourth-order valence-electron chi connectivity index (χ4n) is 1.68. The summed E-state index contributed by atoms with van der Waals surface area (Å²) in [6.07, 6.45) is 2.78. The first-order valence-corrected chi connectivity index (χ1v) is 8.08. The maximum atomic E-state index is 12.3. The molecular formula is C15H18N4O2S. The molecule has 0 aliphatic heterocycles. The second-order valence-electron chi connectivity index (χ2n) is 5.00. The Kier molecular flexibility index (Phi) is 4.77. The Balaban J connectivity index is 2.36. The van der Waals surface area contributed by atoms with Gasteiger partial charge in [-0.05, 0) is 31.2 Å². The average Bonchev–Trinajstić information content (AvgIpc) is 2.48. The van der Waals surface area contributed by atoms with Crippen LogP contribution in [0.15, 0.2) is 51.9 Å². The highest BCUT2D eigenvalue weighted by Crippen LogP contribution is 2.24. The quantitative estimate of drug-likeness (QED) is 0.677. The fraction of sp³-hybridized carbons (Fsp3) is 0.200. The zero-order chi connectivity index (χ0) is 16.2. The molecule has 0 fully saturated rings. The van der Waals surface area contributed by atoms with Crippen LogP contribution < -0.4 is 5.32 Å². The first-order valence-electron chi connectivity index (χ1n) is 6.64. The Morgan fingerprint density at radius 3 is 2.50 bits per heavy atom. The summed E-state index contributed by atoms with van der Waals surface area (Å²) in [5.41, 5.74) is 1.88. The van der Waals surface area contributed by atoms with Gasteiger partial charge in [-0.15, -0.1) is 4.40 Å². The summed E-state index contributed by atoms with van der Waals surface area (Å²) in [4.78, 5) is 5.70. The third-order valence-corrected chi connectivity index (χ3v) is 4.04. The van der Waals surface area contributed by atoms with E-state index in [1.165, 1.54) is 18.6 Å². The van der Waals surface area contributed by atoms with Crippen molar-refractivity contribution in [2.24, 2.45) is 4.40 Å². The number of anilines is 2. The number of aryl methyl sites for hydroxylation is 1. The largest absolute Gasteiger partial charge is 0.368 e. The van der Waals surface area contributed by atoms with Gasteiger partial charge >= 0.3 is 0 Å². The van der Waals surface area contributed by atoms with Crippen molar-refractivity contribution in [1.82, 2.24) is 9.88 Å². The lowest BCUT2D eigenvalue weighted by molar-refractivity contribution is 0.595. The maximum absolute atomic E-state index is 12.3. The summed E-state index contributed by atoms with van der Waals surface area (Å²) in [6, 6.07) is 10.6. The van der Waals surface area contributed by atoms with Crippen molar-refractivity contribution in [3.05, 3.63) is 48.2 Å². The highest BCUT2D eigenvalue weighted by atomic mass is 32.2. The third-order valence-electron chi connectivity index (χ3n) is 2.78. The summed E-state index contributed by atoms with van der Waals surface area (Å²) in [7, 11) is -0.407. The molecule has 1 aromatic heterocycles. The molecule has 2 rings (SSSR count). The lowest BCUT2D eigenvalue weighted by Crippen LogP contribution is -2.11. The fourth-order valence-corrected chi connectivity index (χ4v) is 2.70. The van der Waals surface area contributed by atoms with E-state index in [1.54, 1.807) is 25.1 Å². The van der Waals surface area contributed by atoms with Gasteiger partial charge in [0.1, 0.15) is 11.2 Å². The topological polar surface area (TPSA) is 74.7 Å². The van der Waals surface area contributed by atoms with E-state index in [0.29, 0.717) is 0 Å². The minimum Gasteiger partial charge on any atom is -0.368 e. The molecule has 6 nitrogen and oxygen atoms in total. The zero-order valence-corrected chi connectivity index (χ0v) is 13.5. The molecule has 1 N–H and O–H groups in total. The first kappa shape index (κ1) is 16.0. The smallest absolute Gasteiger partial charge is 0.287 e. The number of hydrogen-bond donors (Lipinski definition) is 1. The zero-order valence-electron chi connectivity index (χ0n) is 12.7. The third kappa shape index (κ3) is 4.05. The Morgan fingerprint density at radius 1 is 1.18 bits per heavy atom. The van der Waals surface area contributed by atoms with Crippen LogP contribution in [-0.2, 0) is 10.0 Å². The molecule has 7 heteroatoms. The molecule has 0 aliphatic carbocycles. The van der Waals surface area contributed by atoms with Gasteiger partial charge in [0.25, 0.3) is 10.0 Å². The van der Waals surface area contributed by atoms with Crippen LogP contribution in [0.5, 0.6) is 0 Å². The predicted octanol–water partition coefficient (Wildman–Crippen LogP) is 2.41. The lowest BCUT2D eigenvalue weighted by Gasteiger charge is -2.10. The molecule has 2 aromatic rings. The van der Waals surface area contributed by atoms with Crippen molar-refractivity contribution in [2.45, 2.75) is 11.8 Å². The van der Waals surface area contributed by atoms with Crippen molar-refractivity contribution < 1.29 is 8.42 Å². The molecular weight excluding hydrogens is 300 g/mol. The maximum Gasteiger partial charge on any atom is 0.287 e. The normalized spacial score (nSPS) is 11.6.